The molecule has 1 atom stereocenters. The van der Waals surface area contributed by atoms with E-state index in [-0.39, 0.29) is 11.3 Å². The molecule has 2 heterocycles. The molecule has 27 heavy (non-hydrogen) atoms. The number of amides is 1. The van der Waals surface area contributed by atoms with Crippen molar-refractivity contribution in [1.82, 2.24) is 0 Å². The Hall–Kier alpha value is -2.89. The van der Waals surface area contributed by atoms with Crippen LogP contribution in [0.1, 0.15) is 16.5 Å². The minimum Gasteiger partial charge on any atom is -0.507 e. The fourth-order valence-corrected chi connectivity index (χ4v) is 4.12. The molecule has 3 aromatic rings. The second-order valence-electron chi connectivity index (χ2n) is 6.03. The smallest absolute Gasteiger partial charge is 0.300 e. The fourth-order valence-electron chi connectivity index (χ4n) is 3.17. The van der Waals surface area contributed by atoms with E-state index in [1.807, 2.05) is 23.6 Å². The second-order valence-corrected chi connectivity index (χ2v) is 7.44. The molecule has 1 amide bonds. The summed E-state index contributed by atoms with van der Waals surface area (Å²) in [5.74, 6) is -1.57. The Morgan fingerprint density at radius 1 is 0.963 bits per heavy atom. The van der Waals surface area contributed by atoms with Gasteiger partial charge in [0.25, 0.3) is 11.7 Å². The van der Waals surface area contributed by atoms with Crippen molar-refractivity contribution in [2.75, 3.05) is 4.90 Å². The molecule has 0 radical (unpaired) electrons. The molecule has 2 aromatic carbocycles. The highest BCUT2D eigenvalue weighted by Gasteiger charge is 2.47. The van der Waals surface area contributed by atoms with Crippen LogP contribution in [-0.2, 0) is 9.59 Å². The minimum atomic E-state index is -0.704. The number of rotatable bonds is 3. The Balaban J connectivity index is 1.92. The molecule has 134 valence electrons. The Bertz CT molecular complexity index is 1030. The maximum absolute atomic E-state index is 12.8. The van der Waals surface area contributed by atoms with E-state index in [9.17, 15) is 14.7 Å². The first-order chi connectivity index (χ1) is 13.1. The molecule has 1 aliphatic heterocycles. The van der Waals surface area contributed by atoms with Crippen molar-refractivity contribution in [2.24, 2.45) is 0 Å². The SMILES string of the molecule is O=C1C(=O)N(c2ccccc2)C(c2cccs2)/C1=C(/O)c1ccc(Cl)cc1. The van der Waals surface area contributed by atoms with Gasteiger partial charge in [-0.3, -0.25) is 14.5 Å². The highest BCUT2D eigenvalue weighted by atomic mass is 35.5. The van der Waals surface area contributed by atoms with Crippen molar-refractivity contribution in [3.8, 4) is 0 Å². The van der Waals surface area contributed by atoms with Crippen LogP contribution in [0.25, 0.3) is 5.76 Å². The number of aliphatic hydroxyl groups is 1. The summed E-state index contributed by atoms with van der Waals surface area (Å²) in [6.45, 7) is 0. The molecule has 1 N–H and O–H groups in total. The van der Waals surface area contributed by atoms with Gasteiger partial charge in [-0.2, -0.15) is 0 Å². The lowest BCUT2D eigenvalue weighted by Crippen LogP contribution is -2.29. The molecule has 1 aromatic heterocycles. The lowest BCUT2D eigenvalue weighted by Gasteiger charge is -2.24. The largest absolute Gasteiger partial charge is 0.507 e. The summed E-state index contributed by atoms with van der Waals surface area (Å²) >= 11 is 7.34. The van der Waals surface area contributed by atoms with Gasteiger partial charge in [0.2, 0.25) is 0 Å². The Morgan fingerprint density at radius 3 is 2.30 bits per heavy atom. The monoisotopic (exact) mass is 395 g/mol. The predicted octanol–water partition coefficient (Wildman–Crippen LogP) is 5.03. The number of benzene rings is 2. The molecule has 4 nitrogen and oxygen atoms in total. The molecular weight excluding hydrogens is 382 g/mol. The van der Waals surface area contributed by atoms with Crippen LogP contribution in [0, 0.1) is 0 Å². The van der Waals surface area contributed by atoms with Crippen molar-refractivity contribution >= 4 is 46.1 Å². The quantitative estimate of drug-likeness (QED) is 0.384. The van der Waals surface area contributed by atoms with Crippen molar-refractivity contribution in [3.63, 3.8) is 0 Å². The summed E-state index contributed by atoms with van der Waals surface area (Å²) in [6.07, 6.45) is 0. The molecule has 1 fully saturated rings. The fraction of sp³-hybridized carbons (Fsp3) is 0.0476. The average Bonchev–Trinajstić information content (AvgIpc) is 3.30. The zero-order chi connectivity index (χ0) is 19.0. The van der Waals surface area contributed by atoms with Crippen LogP contribution in [0.4, 0.5) is 5.69 Å². The number of aliphatic hydroxyl groups excluding tert-OH is 1. The number of halogens is 1. The number of anilines is 1. The molecule has 0 saturated carbocycles. The van der Waals surface area contributed by atoms with Crippen LogP contribution in [0.3, 0.4) is 0 Å². The Morgan fingerprint density at radius 2 is 1.67 bits per heavy atom. The average molecular weight is 396 g/mol. The van der Waals surface area contributed by atoms with Gasteiger partial charge in [0.15, 0.2) is 0 Å². The lowest BCUT2D eigenvalue weighted by molar-refractivity contribution is -0.132. The topological polar surface area (TPSA) is 57.6 Å². The van der Waals surface area contributed by atoms with E-state index >= 15 is 0 Å². The van der Waals surface area contributed by atoms with Crippen molar-refractivity contribution in [2.45, 2.75) is 6.04 Å². The lowest BCUT2D eigenvalue weighted by atomic mass is 10.00. The van der Waals surface area contributed by atoms with E-state index in [1.165, 1.54) is 16.2 Å². The molecular formula is C21H14ClNO3S. The summed E-state index contributed by atoms with van der Waals surface area (Å²) in [5, 5.41) is 13.3. The van der Waals surface area contributed by atoms with Crippen LogP contribution in [0.15, 0.2) is 77.7 Å². The summed E-state index contributed by atoms with van der Waals surface area (Å²) in [7, 11) is 0. The van der Waals surface area contributed by atoms with Gasteiger partial charge in [-0.05, 0) is 47.8 Å². The number of ketones is 1. The maximum atomic E-state index is 12.8. The number of nitrogens with zero attached hydrogens (tertiary/aromatic N) is 1. The Labute approximate surface area is 164 Å². The highest BCUT2D eigenvalue weighted by molar-refractivity contribution is 7.10. The zero-order valence-corrected chi connectivity index (χ0v) is 15.6. The van der Waals surface area contributed by atoms with Gasteiger partial charge in [0.1, 0.15) is 11.8 Å². The molecule has 1 saturated heterocycles. The van der Waals surface area contributed by atoms with Crippen molar-refractivity contribution in [3.05, 3.63) is 93.1 Å². The van der Waals surface area contributed by atoms with Gasteiger partial charge in [-0.25, -0.2) is 0 Å². The predicted molar refractivity (Wildman–Crippen MR) is 107 cm³/mol. The van der Waals surface area contributed by atoms with Gasteiger partial charge in [-0.1, -0.05) is 35.9 Å². The molecule has 6 heteroatoms. The molecule has 1 unspecified atom stereocenters. The van der Waals surface area contributed by atoms with Gasteiger partial charge in [0, 0.05) is 21.2 Å². The first-order valence-electron chi connectivity index (χ1n) is 8.23. The number of Topliss-reactive ketones (excluding diaryl/α,β-unsaturated/α-hetero) is 1. The third kappa shape index (κ3) is 3.05. The highest BCUT2D eigenvalue weighted by Crippen LogP contribution is 2.43. The normalized spacial score (nSPS) is 18.9. The number of hydrogen-bond donors (Lipinski definition) is 1. The molecule has 0 spiro atoms. The zero-order valence-electron chi connectivity index (χ0n) is 14.0. The van der Waals surface area contributed by atoms with Crippen molar-refractivity contribution < 1.29 is 14.7 Å². The maximum Gasteiger partial charge on any atom is 0.300 e. The van der Waals surface area contributed by atoms with Crippen LogP contribution in [0.2, 0.25) is 5.02 Å². The summed E-state index contributed by atoms with van der Waals surface area (Å²) in [6, 6.07) is 18.5. The third-order valence-electron chi connectivity index (χ3n) is 4.41. The molecule has 4 rings (SSSR count). The molecule has 1 aliphatic rings. The van der Waals surface area contributed by atoms with Gasteiger partial charge in [-0.15, -0.1) is 11.3 Å². The second kappa shape index (κ2) is 7.02. The van der Waals surface area contributed by atoms with E-state index in [4.69, 9.17) is 11.6 Å². The van der Waals surface area contributed by atoms with E-state index in [1.54, 1.807) is 48.5 Å². The van der Waals surface area contributed by atoms with Gasteiger partial charge < -0.3 is 5.11 Å². The summed E-state index contributed by atoms with van der Waals surface area (Å²) < 4.78 is 0. The summed E-state index contributed by atoms with van der Waals surface area (Å²) in [5.41, 5.74) is 1.12. The molecule has 0 aliphatic carbocycles. The third-order valence-corrected chi connectivity index (χ3v) is 5.59. The van der Waals surface area contributed by atoms with Crippen LogP contribution >= 0.6 is 22.9 Å². The van der Waals surface area contributed by atoms with E-state index in [2.05, 4.69) is 0 Å². The number of para-hydroxylation sites is 1. The number of carbonyl (C=O) groups excluding carboxylic acids is 2. The van der Waals surface area contributed by atoms with E-state index in [0.29, 0.717) is 16.3 Å². The Kier molecular flexibility index (Phi) is 4.56. The first kappa shape index (κ1) is 17.5. The van der Waals surface area contributed by atoms with Crippen molar-refractivity contribution in [1.29, 1.82) is 0 Å². The van der Waals surface area contributed by atoms with Gasteiger partial charge >= 0.3 is 0 Å². The van der Waals surface area contributed by atoms with Crippen LogP contribution < -0.4 is 4.90 Å². The van der Waals surface area contributed by atoms with Gasteiger partial charge in [0.05, 0.1) is 5.57 Å². The van der Waals surface area contributed by atoms with Crippen LogP contribution in [-0.4, -0.2) is 16.8 Å². The molecule has 0 bridgehead atoms. The minimum absolute atomic E-state index is 0.0774. The first-order valence-corrected chi connectivity index (χ1v) is 9.49. The standard InChI is InChI=1S/C21H14ClNO3S/c22-14-10-8-13(9-11-14)19(24)17-18(16-7-4-12-27-16)23(21(26)20(17)25)15-5-2-1-3-6-15/h1-12,18,24H/b19-17-. The summed E-state index contributed by atoms with van der Waals surface area (Å²) in [4.78, 5) is 27.9. The number of carbonyl (C=O) groups is 2. The van der Waals surface area contributed by atoms with E-state index < -0.39 is 17.7 Å². The van der Waals surface area contributed by atoms with E-state index in [0.717, 1.165) is 4.88 Å². The number of thiophene rings is 1. The number of hydrogen-bond acceptors (Lipinski definition) is 4. The van der Waals surface area contributed by atoms with Crippen LogP contribution in [0.5, 0.6) is 0 Å².